The van der Waals surface area contributed by atoms with Gasteiger partial charge in [0.2, 0.25) is 5.91 Å². The van der Waals surface area contributed by atoms with Crippen LogP contribution in [0.2, 0.25) is 0 Å². The van der Waals surface area contributed by atoms with E-state index in [0.29, 0.717) is 54.6 Å². The van der Waals surface area contributed by atoms with Crippen LogP contribution in [0.3, 0.4) is 0 Å². The molecule has 314 valence electrons. The molecule has 0 radical (unpaired) electrons. The van der Waals surface area contributed by atoms with Gasteiger partial charge in [-0.2, -0.15) is 5.10 Å². The van der Waals surface area contributed by atoms with E-state index in [4.69, 9.17) is 14.8 Å². The van der Waals surface area contributed by atoms with Gasteiger partial charge in [-0.3, -0.25) is 19.6 Å². The Morgan fingerprint density at radius 2 is 1.73 bits per heavy atom. The number of carboxylic acids is 1. The molecule has 12 nitrogen and oxygen atoms in total. The second kappa shape index (κ2) is 15.1. The van der Waals surface area contributed by atoms with Crippen molar-refractivity contribution in [1.82, 2.24) is 25.1 Å². The Kier molecular flexibility index (Phi) is 10.1. The zero-order chi connectivity index (χ0) is 42.0. The maximum Gasteiger partial charge on any atom is 0.355 e. The molecule has 3 atom stereocenters. The number of fused-ring (bicyclic) bond motifs is 2. The van der Waals surface area contributed by atoms with Crippen molar-refractivity contribution in [3.8, 4) is 11.1 Å². The molecule has 4 heterocycles. The van der Waals surface area contributed by atoms with E-state index in [0.717, 1.165) is 77.7 Å². The minimum Gasteiger partial charge on any atom is -0.476 e. The molecule has 4 bridgehead atoms. The minimum absolute atomic E-state index is 0.00640. The highest BCUT2D eigenvalue weighted by molar-refractivity contribution is 7.22. The minimum atomic E-state index is -1.10. The summed E-state index contributed by atoms with van der Waals surface area (Å²) in [5.74, 6) is -0.449. The van der Waals surface area contributed by atoms with Gasteiger partial charge in [0.05, 0.1) is 22.0 Å². The smallest absolute Gasteiger partial charge is 0.355 e. The number of hydrogen-bond acceptors (Lipinski definition) is 9. The van der Waals surface area contributed by atoms with E-state index in [1.54, 1.807) is 13.2 Å². The van der Waals surface area contributed by atoms with Crippen LogP contribution in [0.5, 0.6) is 0 Å². The number of carbonyl (C=O) groups is 3. The molecule has 5 aliphatic rings. The molecule has 0 spiro atoms. The number of benzene rings is 2. The molecule has 13 heteroatoms. The van der Waals surface area contributed by atoms with Crippen LogP contribution in [0.15, 0.2) is 60.8 Å². The molecule has 4 aliphatic carbocycles. The molecule has 4 fully saturated rings. The molecule has 2 aromatic carbocycles. The molecule has 5 aromatic rings. The van der Waals surface area contributed by atoms with Crippen LogP contribution in [0, 0.1) is 29.1 Å². The topological polar surface area (TPSA) is 152 Å². The lowest BCUT2D eigenvalue weighted by Gasteiger charge is -2.69. The molecule has 3 aromatic heterocycles. The summed E-state index contributed by atoms with van der Waals surface area (Å²) >= 11 is 1.44. The summed E-state index contributed by atoms with van der Waals surface area (Å²) in [4.78, 5) is 50.0. The second-order valence-electron chi connectivity index (χ2n) is 19.2. The SMILES string of the molecule is CNC(=O)CC(C)CCOC12CC3(C)CC(C)(CC(Cn4ncc(-c5ccc(N6CCc7cccc(C(=O)Nc8nc9ccccc9s8)c7C6)nc5C(=O)O)c4C)(C3)C1)C2. The number of carbonyl (C=O) groups excluding carboxylic acids is 2. The summed E-state index contributed by atoms with van der Waals surface area (Å²) in [5, 5.41) is 21.8. The Labute approximate surface area is 355 Å². The van der Waals surface area contributed by atoms with E-state index < -0.39 is 5.97 Å². The first kappa shape index (κ1) is 40.3. The monoisotopic (exact) mass is 829 g/mol. The summed E-state index contributed by atoms with van der Waals surface area (Å²) < 4.78 is 10.0. The van der Waals surface area contributed by atoms with Gasteiger partial charge in [0.25, 0.3) is 5.91 Å². The van der Waals surface area contributed by atoms with E-state index >= 15 is 0 Å². The Hall–Kier alpha value is -5.14. The van der Waals surface area contributed by atoms with Gasteiger partial charge in [-0.05, 0) is 122 Å². The van der Waals surface area contributed by atoms with Crippen LogP contribution < -0.4 is 15.5 Å². The standard InChI is InChI=1S/C47H55N7O5S/c1-29(19-39(55)48-5)16-18-59-47-25-44(3)22-45(4,26-47)24-46(23-44,27-47)28-54-30(2)34(20-49-54)32-13-14-38(51-40(32)42(57)58)53-17-15-31-9-8-10-33(35(31)21-53)41(56)52-43-50-36-11-6-7-12-37(36)60-43/h6-14,20,29H,15-19,21-28H2,1-5H3,(H,48,55)(H,57,58)(H,50,52,56). The highest BCUT2D eigenvalue weighted by Gasteiger charge is 2.66. The Morgan fingerprint density at radius 1 is 0.950 bits per heavy atom. The number of anilines is 2. The van der Waals surface area contributed by atoms with Gasteiger partial charge in [0, 0.05) is 62.1 Å². The Morgan fingerprint density at radius 3 is 2.48 bits per heavy atom. The van der Waals surface area contributed by atoms with Crippen molar-refractivity contribution in [1.29, 1.82) is 0 Å². The van der Waals surface area contributed by atoms with E-state index in [9.17, 15) is 19.5 Å². The lowest BCUT2D eigenvalue weighted by Crippen LogP contribution is -2.64. The zero-order valence-electron chi connectivity index (χ0n) is 35.3. The third-order valence-corrected chi connectivity index (χ3v) is 14.8. The third kappa shape index (κ3) is 7.59. The first-order valence-corrected chi connectivity index (χ1v) is 22.1. The molecule has 3 unspecified atom stereocenters. The number of nitrogens with one attached hydrogen (secondary N) is 2. The third-order valence-electron chi connectivity index (χ3n) is 13.8. The summed E-state index contributed by atoms with van der Waals surface area (Å²) in [6.07, 6.45) is 10.4. The van der Waals surface area contributed by atoms with Crippen LogP contribution in [0.4, 0.5) is 10.9 Å². The van der Waals surface area contributed by atoms with Crippen molar-refractivity contribution in [2.45, 2.75) is 104 Å². The first-order valence-electron chi connectivity index (χ1n) is 21.3. The molecule has 10 rings (SSSR count). The van der Waals surface area contributed by atoms with Gasteiger partial charge in [-0.15, -0.1) is 0 Å². The summed E-state index contributed by atoms with van der Waals surface area (Å²) in [6, 6.07) is 17.4. The number of hydrogen-bond donors (Lipinski definition) is 3. The summed E-state index contributed by atoms with van der Waals surface area (Å²) in [7, 11) is 1.69. The van der Waals surface area contributed by atoms with E-state index in [1.807, 2.05) is 55.5 Å². The number of thiazole rings is 1. The largest absolute Gasteiger partial charge is 0.476 e. The number of aromatic nitrogens is 4. The van der Waals surface area contributed by atoms with Crippen molar-refractivity contribution in [3.63, 3.8) is 0 Å². The maximum atomic E-state index is 13.7. The van der Waals surface area contributed by atoms with Gasteiger partial charge >= 0.3 is 5.97 Å². The van der Waals surface area contributed by atoms with Crippen LogP contribution in [0.25, 0.3) is 21.3 Å². The highest BCUT2D eigenvalue weighted by Crippen LogP contribution is 2.72. The van der Waals surface area contributed by atoms with Crippen LogP contribution in [-0.2, 0) is 29.0 Å². The molecule has 1 aliphatic heterocycles. The quantitative estimate of drug-likeness (QED) is 0.106. The van der Waals surface area contributed by atoms with Crippen molar-refractivity contribution >= 4 is 50.3 Å². The van der Waals surface area contributed by atoms with Crippen molar-refractivity contribution < 1.29 is 24.2 Å². The van der Waals surface area contributed by atoms with Gasteiger partial charge in [-0.25, -0.2) is 14.8 Å². The normalized spacial score (nSPS) is 25.9. The lowest BCUT2D eigenvalue weighted by molar-refractivity contribution is -0.249. The Balaban J connectivity index is 0.933. The second-order valence-corrected chi connectivity index (χ2v) is 20.2. The summed E-state index contributed by atoms with van der Waals surface area (Å²) in [6.45, 7) is 11.5. The lowest BCUT2D eigenvalue weighted by atomic mass is 9.39. The Bertz CT molecular complexity index is 2460. The number of amides is 2. The average Bonchev–Trinajstić information content (AvgIpc) is 3.77. The molecule has 4 saturated carbocycles. The van der Waals surface area contributed by atoms with Gasteiger partial charge in [0.15, 0.2) is 10.8 Å². The average molecular weight is 830 g/mol. The van der Waals surface area contributed by atoms with E-state index in [1.165, 1.54) is 17.8 Å². The fourth-order valence-corrected chi connectivity index (χ4v) is 13.3. The van der Waals surface area contributed by atoms with E-state index in [-0.39, 0.29) is 45.3 Å². The van der Waals surface area contributed by atoms with E-state index in [2.05, 4.69) is 52.0 Å². The number of rotatable bonds is 13. The predicted octanol–water partition coefficient (Wildman–Crippen LogP) is 8.67. The molecule has 60 heavy (non-hydrogen) atoms. The molecule has 0 saturated heterocycles. The number of pyridine rings is 1. The number of nitrogens with zero attached hydrogens (tertiary/aromatic N) is 5. The molecular weight excluding hydrogens is 775 g/mol. The fourth-order valence-electron chi connectivity index (χ4n) is 12.4. The van der Waals surface area contributed by atoms with Crippen LogP contribution in [0.1, 0.15) is 110 Å². The van der Waals surface area contributed by atoms with Crippen LogP contribution >= 0.6 is 11.3 Å². The molecule has 3 N–H and O–H groups in total. The van der Waals surface area contributed by atoms with Crippen molar-refractivity contribution in [3.05, 3.63) is 88.9 Å². The van der Waals surface area contributed by atoms with Gasteiger partial charge in [-0.1, -0.05) is 56.4 Å². The fraction of sp³-hybridized carbons (Fsp3) is 0.489. The molecule has 2 amide bonds. The van der Waals surface area contributed by atoms with Crippen molar-refractivity contribution in [2.24, 2.45) is 22.2 Å². The number of carboxylic acid groups (broad SMARTS) is 1. The van der Waals surface area contributed by atoms with Crippen LogP contribution in [-0.4, -0.2) is 68.4 Å². The number of ether oxygens (including phenoxy) is 1. The molecular formula is C47H55N7O5S. The predicted molar refractivity (Wildman–Crippen MR) is 233 cm³/mol. The maximum absolute atomic E-state index is 13.7. The zero-order valence-corrected chi connectivity index (χ0v) is 36.1. The highest BCUT2D eigenvalue weighted by atomic mass is 32.1. The van der Waals surface area contributed by atoms with Gasteiger partial charge in [0.1, 0.15) is 5.82 Å². The first-order chi connectivity index (χ1) is 28.7. The summed E-state index contributed by atoms with van der Waals surface area (Å²) in [5.41, 5.74) is 5.78. The number of aromatic carboxylic acids is 1. The van der Waals surface area contributed by atoms with Crippen molar-refractivity contribution in [2.75, 3.05) is 30.4 Å². The number of para-hydroxylation sites is 1. The van der Waals surface area contributed by atoms with Gasteiger partial charge < -0.3 is 20.1 Å².